The van der Waals surface area contributed by atoms with Crippen LogP contribution in [-0.4, -0.2) is 15.6 Å². The molecule has 0 bridgehead atoms. The Labute approximate surface area is 139 Å². The van der Waals surface area contributed by atoms with E-state index in [1.807, 2.05) is 0 Å². The van der Waals surface area contributed by atoms with Crippen LogP contribution in [0, 0.1) is 20.2 Å². The van der Waals surface area contributed by atoms with Crippen LogP contribution < -0.4 is 0 Å². The molecule has 1 unspecified atom stereocenters. The standard InChI is InChI=1S/C15H11BrN2O5/c16-15(11-6-2-4-8-13(11)18(22)23)14(19)9-10-5-1-3-7-12(10)17(20)21/h1-8,15H,9H2. The number of benzene rings is 2. The van der Waals surface area contributed by atoms with Gasteiger partial charge in [-0.2, -0.15) is 0 Å². The molecular formula is C15H11BrN2O5. The van der Waals surface area contributed by atoms with Crippen molar-refractivity contribution in [3.05, 3.63) is 79.9 Å². The second kappa shape index (κ2) is 7.10. The van der Waals surface area contributed by atoms with Gasteiger partial charge in [-0.05, 0) is 0 Å². The molecule has 8 heteroatoms. The number of halogens is 1. The summed E-state index contributed by atoms with van der Waals surface area (Å²) in [5.41, 5.74) is 0.167. The summed E-state index contributed by atoms with van der Waals surface area (Å²) < 4.78 is 0. The van der Waals surface area contributed by atoms with Gasteiger partial charge in [0.15, 0.2) is 5.78 Å². The summed E-state index contributed by atoms with van der Waals surface area (Å²) in [4.78, 5) is 32.3. The monoisotopic (exact) mass is 378 g/mol. The molecule has 0 N–H and O–H groups in total. The van der Waals surface area contributed by atoms with E-state index in [1.54, 1.807) is 12.1 Å². The Morgan fingerprint density at radius 2 is 1.48 bits per heavy atom. The highest BCUT2D eigenvalue weighted by molar-refractivity contribution is 9.09. The lowest BCUT2D eigenvalue weighted by molar-refractivity contribution is -0.385. The number of nitro benzene ring substituents is 2. The van der Waals surface area contributed by atoms with E-state index in [4.69, 9.17) is 0 Å². The number of alkyl halides is 1. The first-order valence-electron chi connectivity index (χ1n) is 6.54. The number of carbonyl (C=O) groups is 1. The van der Waals surface area contributed by atoms with Gasteiger partial charge < -0.3 is 0 Å². The van der Waals surface area contributed by atoms with E-state index in [2.05, 4.69) is 15.9 Å². The summed E-state index contributed by atoms with van der Waals surface area (Å²) in [5.74, 6) is -0.395. The number of nitrogens with zero attached hydrogens (tertiary/aromatic N) is 2. The maximum absolute atomic E-state index is 12.4. The van der Waals surface area contributed by atoms with Gasteiger partial charge in [0.1, 0.15) is 4.83 Å². The highest BCUT2D eigenvalue weighted by atomic mass is 79.9. The Balaban J connectivity index is 2.29. The largest absolute Gasteiger partial charge is 0.298 e. The second-order valence-corrected chi connectivity index (χ2v) is 5.62. The summed E-state index contributed by atoms with van der Waals surface area (Å²) in [6.45, 7) is 0. The van der Waals surface area contributed by atoms with Crippen molar-refractivity contribution < 1.29 is 14.6 Å². The first-order chi connectivity index (χ1) is 10.9. The Morgan fingerprint density at radius 3 is 2.09 bits per heavy atom. The van der Waals surface area contributed by atoms with Crippen LogP contribution in [0.15, 0.2) is 48.5 Å². The zero-order valence-corrected chi connectivity index (χ0v) is 13.3. The van der Waals surface area contributed by atoms with Gasteiger partial charge in [0, 0.05) is 24.1 Å². The van der Waals surface area contributed by atoms with Crippen LogP contribution in [0.2, 0.25) is 0 Å². The molecule has 2 aromatic carbocycles. The summed E-state index contributed by atoms with van der Waals surface area (Å²) in [6, 6.07) is 11.8. The van der Waals surface area contributed by atoms with E-state index >= 15 is 0 Å². The molecule has 23 heavy (non-hydrogen) atoms. The number of hydrogen-bond acceptors (Lipinski definition) is 5. The van der Waals surface area contributed by atoms with E-state index in [1.165, 1.54) is 36.4 Å². The van der Waals surface area contributed by atoms with Crippen LogP contribution in [0.25, 0.3) is 0 Å². The van der Waals surface area contributed by atoms with Crippen molar-refractivity contribution in [2.45, 2.75) is 11.2 Å². The zero-order valence-electron chi connectivity index (χ0n) is 11.7. The minimum absolute atomic E-state index is 0.150. The molecule has 0 fully saturated rings. The normalized spacial score (nSPS) is 11.7. The molecule has 0 heterocycles. The van der Waals surface area contributed by atoms with Gasteiger partial charge in [-0.1, -0.05) is 52.3 Å². The fourth-order valence-corrected chi connectivity index (χ4v) is 2.71. The first kappa shape index (κ1) is 16.8. The van der Waals surface area contributed by atoms with Gasteiger partial charge in [0.25, 0.3) is 11.4 Å². The van der Waals surface area contributed by atoms with Crippen molar-refractivity contribution in [2.24, 2.45) is 0 Å². The zero-order chi connectivity index (χ0) is 17.0. The highest BCUT2D eigenvalue weighted by Gasteiger charge is 2.26. The third-order valence-corrected chi connectivity index (χ3v) is 4.25. The molecule has 0 saturated carbocycles. The lowest BCUT2D eigenvalue weighted by Crippen LogP contribution is -2.12. The number of ketones is 1. The van der Waals surface area contributed by atoms with Crippen LogP contribution in [0.3, 0.4) is 0 Å². The van der Waals surface area contributed by atoms with Gasteiger partial charge in [-0.3, -0.25) is 25.0 Å². The smallest absolute Gasteiger partial charge is 0.274 e. The average Bonchev–Trinajstić information content (AvgIpc) is 2.54. The molecular weight excluding hydrogens is 368 g/mol. The van der Waals surface area contributed by atoms with Crippen LogP contribution >= 0.6 is 15.9 Å². The van der Waals surface area contributed by atoms with Gasteiger partial charge >= 0.3 is 0 Å². The number of Topliss-reactive ketones (excluding diaryl/α,β-unsaturated/α-hetero) is 1. The molecule has 1 atom stereocenters. The number of hydrogen-bond donors (Lipinski definition) is 0. The molecule has 0 amide bonds. The van der Waals surface area contributed by atoms with Crippen molar-refractivity contribution in [3.8, 4) is 0 Å². The van der Waals surface area contributed by atoms with E-state index in [0.29, 0.717) is 0 Å². The topological polar surface area (TPSA) is 103 Å². The molecule has 0 saturated heterocycles. The quantitative estimate of drug-likeness (QED) is 0.432. The molecule has 0 aromatic heterocycles. The predicted molar refractivity (Wildman–Crippen MR) is 86.6 cm³/mol. The second-order valence-electron chi connectivity index (χ2n) is 4.71. The van der Waals surface area contributed by atoms with E-state index < -0.39 is 20.5 Å². The molecule has 118 valence electrons. The number of nitro groups is 2. The van der Waals surface area contributed by atoms with Gasteiger partial charge in [-0.25, -0.2) is 0 Å². The molecule has 2 rings (SSSR count). The van der Waals surface area contributed by atoms with Gasteiger partial charge in [0.05, 0.1) is 15.4 Å². The molecule has 0 radical (unpaired) electrons. The summed E-state index contributed by atoms with van der Waals surface area (Å²) in [5, 5.41) is 22.0. The first-order valence-corrected chi connectivity index (χ1v) is 7.45. The number of carbonyl (C=O) groups excluding carboxylic acids is 1. The molecule has 7 nitrogen and oxygen atoms in total. The Hall–Kier alpha value is -2.61. The van der Waals surface area contributed by atoms with Crippen molar-refractivity contribution in [1.29, 1.82) is 0 Å². The van der Waals surface area contributed by atoms with Crippen molar-refractivity contribution in [3.63, 3.8) is 0 Å². The number of rotatable bonds is 6. The van der Waals surface area contributed by atoms with Crippen LogP contribution in [0.4, 0.5) is 11.4 Å². The molecule has 2 aromatic rings. The predicted octanol–water partition coefficient (Wildman–Crippen LogP) is 3.75. The minimum Gasteiger partial charge on any atom is -0.298 e. The van der Waals surface area contributed by atoms with Crippen molar-refractivity contribution in [1.82, 2.24) is 0 Å². The summed E-state index contributed by atoms with van der Waals surface area (Å²) in [6.07, 6.45) is -0.195. The Bertz CT molecular complexity index is 778. The third kappa shape index (κ3) is 3.78. The van der Waals surface area contributed by atoms with Gasteiger partial charge in [0.2, 0.25) is 0 Å². The average molecular weight is 379 g/mol. The highest BCUT2D eigenvalue weighted by Crippen LogP contribution is 2.33. The van der Waals surface area contributed by atoms with Crippen molar-refractivity contribution >= 4 is 33.1 Å². The van der Waals surface area contributed by atoms with E-state index in [0.717, 1.165) is 0 Å². The van der Waals surface area contributed by atoms with Crippen LogP contribution in [-0.2, 0) is 11.2 Å². The lowest BCUT2D eigenvalue weighted by atomic mass is 10.0. The fraction of sp³-hybridized carbons (Fsp3) is 0.133. The summed E-state index contributed by atoms with van der Waals surface area (Å²) in [7, 11) is 0. The number of para-hydroxylation sites is 2. The molecule has 0 spiro atoms. The molecule has 0 aliphatic heterocycles. The van der Waals surface area contributed by atoms with Crippen molar-refractivity contribution in [2.75, 3.05) is 0 Å². The minimum atomic E-state index is -0.913. The van der Waals surface area contributed by atoms with Gasteiger partial charge in [-0.15, -0.1) is 0 Å². The molecule has 0 aliphatic carbocycles. The third-order valence-electron chi connectivity index (χ3n) is 3.24. The Kier molecular flexibility index (Phi) is 5.17. The van der Waals surface area contributed by atoms with E-state index in [9.17, 15) is 25.0 Å². The maximum atomic E-state index is 12.4. The fourth-order valence-electron chi connectivity index (χ4n) is 2.16. The lowest BCUT2D eigenvalue weighted by Gasteiger charge is -2.10. The molecule has 0 aliphatic rings. The van der Waals surface area contributed by atoms with Crippen LogP contribution in [0.1, 0.15) is 16.0 Å². The van der Waals surface area contributed by atoms with Crippen LogP contribution in [0.5, 0.6) is 0 Å². The maximum Gasteiger partial charge on any atom is 0.274 e. The SMILES string of the molecule is O=C(Cc1ccccc1[N+](=O)[O-])C(Br)c1ccccc1[N+](=O)[O-]. The summed E-state index contributed by atoms with van der Waals surface area (Å²) >= 11 is 3.17. The Morgan fingerprint density at radius 1 is 0.957 bits per heavy atom. The van der Waals surface area contributed by atoms with E-state index in [-0.39, 0.29) is 28.9 Å².